The van der Waals surface area contributed by atoms with Crippen LogP contribution in [0, 0.1) is 0 Å². The maximum atomic E-state index is 12.0. The Hall–Kier alpha value is -0.340. The molecule has 9 heteroatoms. The number of halogens is 2. The third kappa shape index (κ3) is 4.08. The Morgan fingerprint density at radius 1 is 1.25 bits per heavy atom. The molecule has 0 amide bonds. The fourth-order valence-electron chi connectivity index (χ4n) is 2.01. The standard InChI is InChI=1S/C11H13Cl2NO4S2/c12-9-4-2-1-3-8(9)5-20(17,18)14-11-7-19(15,16)6-10(11)13/h1-4,10-11,14H,5-7H2/t10-,11+/m1/s1. The Kier molecular flexibility index (Phi) is 4.66. The SMILES string of the molecule is O=S1(=O)C[C@@H](Cl)[C@@H](NS(=O)(=O)Cc2ccccc2Cl)C1. The Labute approximate surface area is 128 Å². The van der Waals surface area contributed by atoms with Gasteiger partial charge in [-0.2, -0.15) is 0 Å². The van der Waals surface area contributed by atoms with Gasteiger partial charge < -0.3 is 0 Å². The van der Waals surface area contributed by atoms with E-state index in [9.17, 15) is 16.8 Å². The van der Waals surface area contributed by atoms with E-state index in [4.69, 9.17) is 23.2 Å². The summed E-state index contributed by atoms with van der Waals surface area (Å²) >= 11 is 11.8. The van der Waals surface area contributed by atoms with Gasteiger partial charge >= 0.3 is 0 Å². The minimum absolute atomic E-state index is 0.214. The van der Waals surface area contributed by atoms with Gasteiger partial charge in [-0.25, -0.2) is 21.6 Å². The van der Waals surface area contributed by atoms with E-state index in [2.05, 4.69) is 4.72 Å². The lowest BCUT2D eigenvalue weighted by Crippen LogP contribution is -2.41. The van der Waals surface area contributed by atoms with E-state index >= 15 is 0 Å². The minimum atomic E-state index is -3.71. The van der Waals surface area contributed by atoms with E-state index in [1.54, 1.807) is 24.3 Å². The molecular formula is C11H13Cl2NO4S2. The Bertz CT molecular complexity index is 703. The van der Waals surface area contributed by atoms with Gasteiger partial charge in [0.1, 0.15) is 0 Å². The number of sulfonamides is 1. The van der Waals surface area contributed by atoms with Gasteiger partial charge in [-0.15, -0.1) is 11.6 Å². The molecule has 0 aromatic heterocycles. The molecule has 0 aliphatic carbocycles. The van der Waals surface area contributed by atoms with Gasteiger partial charge in [0.15, 0.2) is 9.84 Å². The number of rotatable bonds is 4. The molecule has 1 aliphatic rings. The lowest BCUT2D eigenvalue weighted by molar-refractivity contribution is 0.562. The van der Waals surface area contributed by atoms with Crippen LogP contribution in [0.3, 0.4) is 0 Å². The first-order chi connectivity index (χ1) is 9.19. The first-order valence-electron chi connectivity index (χ1n) is 5.76. The summed E-state index contributed by atoms with van der Waals surface area (Å²) in [5.41, 5.74) is 0.452. The zero-order valence-corrected chi connectivity index (χ0v) is 13.4. The first-order valence-corrected chi connectivity index (χ1v) is 10.1. The zero-order chi connectivity index (χ0) is 15.0. The Morgan fingerprint density at radius 3 is 2.45 bits per heavy atom. The fourth-order valence-corrected chi connectivity index (χ4v) is 6.47. The maximum Gasteiger partial charge on any atom is 0.216 e. The monoisotopic (exact) mass is 357 g/mol. The second kappa shape index (κ2) is 5.81. The van der Waals surface area contributed by atoms with E-state index in [0.29, 0.717) is 10.6 Å². The van der Waals surface area contributed by atoms with Crippen molar-refractivity contribution >= 4 is 43.1 Å². The molecule has 2 atom stereocenters. The summed E-state index contributed by atoms with van der Waals surface area (Å²) in [6, 6.07) is 5.78. The maximum absolute atomic E-state index is 12.0. The summed E-state index contributed by atoms with van der Waals surface area (Å²) in [6.07, 6.45) is 0. The molecule has 0 bridgehead atoms. The molecule has 0 saturated carbocycles. The Morgan fingerprint density at radius 2 is 1.90 bits per heavy atom. The van der Waals surface area contributed by atoms with Crippen molar-refractivity contribution in [2.24, 2.45) is 0 Å². The van der Waals surface area contributed by atoms with Gasteiger partial charge in [0.2, 0.25) is 10.0 Å². The molecular weight excluding hydrogens is 345 g/mol. The molecule has 1 aromatic rings. The third-order valence-corrected chi connectivity index (χ3v) is 7.01. The number of sulfone groups is 1. The lowest BCUT2D eigenvalue weighted by Gasteiger charge is -2.15. The van der Waals surface area contributed by atoms with Crippen molar-refractivity contribution in [1.29, 1.82) is 0 Å². The van der Waals surface area contributed by atoms with E-state index < -0.39 is 31.3 Å². The molecule has 1 aliphatic heterocycles. The molecule has 0 radical (unpaired) electrons. The van der Waals surface area contributed by atoms with Gasteiger partial charge in [0.25, 0.3) is 0 Å². The Balaban J connectivity index is 2.11. The normalized spacial score (nSPS) is 25.7. The highest BCUT2D eigenvalue weighted by atomic mass is 35.5. The van der Waals surface area contributed by atoms with Crippen molar-refractivity contribution in [3.8, 4) is 0 Å². The summed E-state index contributed by atoms with van der Waals surface area (Å²) in [5.74, 6) is -0.802. The largest absolute Gasteiger partial charge is 0.229 e. The average Bonchev–Trinajstić information content (AvgIpc) is 2.54. The van der Waals surface area contributed by atoms with Crippen LogP contribution < -0.4 is 4.72 Å². The number of nitrogens with one attached hydrogen (secondary N) is 1. The highest BCUT2D eigenvalue weighted by Crippen LogP contribution is 2.21. The molecule has 1 heterocycles. The van der Waals surface area contributed by atoms with Crippen LogP contribution in [0.4, 0.5) is 0 Å². The molecule has 2 rings (SSSR count). The van der Waals surface area contributed by atoms with Gasteiger partial charge in [-0.3, -0.25) is 0 Å². The predicted octanol–water partition coefficient (Wildman–Crippen LogP) is 1.16. The smallest absolute Gasteiger partial charge is 0.216 e. The molecule has 0 spiro atoms. The van der Waals surface area contributed by atoms with Crippen LogP contribution in [-0.2, 0) is 25.6 Å². The van der Waals surface area contributed by atoms with Crippen molar-refractivity contribution in [2.45, 2.75) is 17.2 Å². The van der Waals surface area contributed by atoms with Crippen LogP contribution >= 0.6 is 23.2 Å². The van der Waals surface area contributed by atoms with Crippen LogP contribution in [0.1, 0.15) is 5.56 Å². The van der Waals surface area contributed by atoms with Gasteiger partial charge in [0, 0.05) is 5.02 Å². The van der Waals surface area contributed by atoms with Crippen molar-refractivity contribution in [2.75, 3.05) is 11.5 Å². The highest BCUT2D eigenvalue weighted by molar-refractivity contribution is 7.92. The van der Waals surface area contributed by atoms with Crippen LogP contribution in [0.5, 0.6) is 0 Å². The molecule has 1 saturated heterocycles. The number of hydrogen-bond donors (Lipinski definition) is 1. The predicted molar refractivity (Wildman–Crippen MR) is 79.3 cm³/mol. The molecule has 0 unspecified atom stereocenters. The summed E-state index contributed by atoms with van der Waals surface area (Å²) < 4.78 is 49.2. The number of alkyl halides is 1. The first kappa shape index (κ1) is 16.0. The lowest BCUT2D eigenvalue weighted by atomic mass is 10.2. The van der Waals surface area contributed by atoms with Gasteiger partial charge in [0.05, 0.1) is 28.7 Å². The molecule has 1 N–H and O–H groups in total. The van der Waals surface area contributed by atoms with E-state index in [0.717, 1.165) is 0 Å². The van der Waals surface area contributed by atoms with E-state index in [-0.39, 0.29) is 17.3 Å². The van der Waals surface area contributed by atoms with Crippen molar-refractivity contribution in [1.82, 2.24) is 4.72 Å². The van der Waals surface area contributed by atoms with Crippen LogP contribution in [0.2, 0.25) is 5.02 Å². The van der Waals surface area contributed by atoms with Crippen molar-refractivity contribution in [3.05, 3.63) is 34.9 Å². The molecule has 20 heavy (non-hydrogen) atoms. The highest BCUT2D eigenvalue weighted by Gasteiger charge is 2.38. The summed E-state index contributed by atoms with van der Waals surface area (Å²) in [6.45, 7) is 0. The molecule has 112 valence electrons. The van der Waals surface area contributed by atoms with Gasteiger partial charge in [-0.1, -0.05) is 29.8 Å². The topological polar surface area (TPSA) is 80.3 Å². The van der Waals surface area contributed by atoms with E-state index in [1.807, 2.05) is 0 Å². The molecule has 1 fully saturated rings. The second-order valence-corrected chi connectivity index (χ2v) is 9.54. The third-order valence-electron chi connectivity index (χ3n) is 2.92. The minimum Gasteiger partial charge on any atom is -0.229 e. The fraction of sp³-hybridized carbons (Fsp3) is 0.455. The summed E-state index contributed by atoms with van der Waals surface area (Å²) in [7, 11) is -6.99. The van der Waals surface area contributed by atoms with Crippen LogP contribution in [0.15, 0.2) is 24.3 Å². The number of hydrogen-bond acceptors (Lipinski definition) is 4. The average molecular weight is 358 g/mol. The second-order valence-electron chi connectivity index (χ2n) is 4.67. The van der Waals surface area contributed by atoms with Crippen molar-refractivity contribution < 1.29 is 16.8 Å². The van der Waals surface area contributed by atoms with E-state index in [1.165, 1.54) is 0 Å². The number of benzene rings is 1. The zero-order valence-electron chi connectivity index (χ0n) is 10.3. The quantitative estimate of drug-likeness (QED) is 0.820. The van der Waals surface area contributed by atoms with Crippen molar-refractivity contribution in [3.63, 3.8) is 0 Å². The molecule has 1 aromatic carbocycles. The van der Waals surface area contributed by atoms with Crippen LogP contribution in [-0.4, -0.2) is 39.8 Å². The molecule has 5 nitrogen and oxygen atoms in total. The summed E-state index contributed by atoms with van der Waals surface area (Å²) in [5, 5.41) is -0.402. The summed E-state index contributed by atoms with van der Waals surface area (Å²) in [4.78, 5) is 0. The van der Waals surface area contributed by atoms with Crippen LogP contribution in [0.25, 0.3) is 0 Å². The van der Waals surface area contributed by atoms with Gasteiger partial charge in [-0.05, 0) is 11.6 Å².